The third kappa shape index (κ3) is 5.62. The molecule has 0 radical (unpaired) electrons. The minimum atomic E-state index is -3.91. The molecule has 0 aromatic heterocycles. The first-order valence-corrected chi connectivity index (χ1v) is 11.7. The Balaban J connectivity index is 1.65. The van der Waals surface area contributed by atoms with E-state index in [0.717, 1.165) is 4.31 Å². The molecular weight excluding hydrogens is 460 g/mol. The first-order chi connectivity index (χ1) is 16.2. The van der Waals surface area contributed by atoms with Gasteiger partial charge < -0.3 is 15.4 Å². The van der Waals surface area contributed by atoms with Crippen molar-refractivity contribution in [1.29, 1.82) is 0 Å². The smallest absolute Gasteiger partial charge is 0.292 e. The molecule has 0 bridgehead atoms. The van der Waals surface area contributed by atoms with Crippen LogP contribution in [0, 0.1) is 10.1 Å². The van der Waals surface area contributed by atoms with Crippen molar-refractivity contribution in [2.24, 2.45) is 0 Å². The lowest BCUT2D eigenvalue weighted by atomic mass is 10.2. The Bertz CT molecular complexity index is 1280. The molecule has 0 heterocycles. The van der Waals surface area contributed by atoms with Crippen LogP contribution in [-0.2, 0) is 10.0 Å². The molecule has 11 heteroatoms. The van der Waals surface area contributed by atoms with Crippen molar-refractivity contribution >= 4 is 33.0 Å². The van der Waals surface area contributed by atoms with Crippen molar-refractivity contribution in [3.05, 3.63) is 88.5 Å². The highest BCUT2D eigenvalue weighted by molar-refractivity contribution is 7.92. The first-order valence-electron chi connectivity index (χ1n) is 10.2. The summed E-state index contributed by atoms with van der Waals surface area (Å²) in [4.78, 5) is 23.1. The summed E-state index contributed by atoms with van der Waals surface area (Å²) in [6.45, 7) is 0.419. The summed E-state index contributed by atoms with van der Waals surface area (Å²) in [5, 5.41) is 16.7. The summed E-state index contributed by atoms with van der Waals surface area (Å²) in [5.41, 5.74) is 0.899. The van der Waals surface area contributed by atoms with E-state index in [0.29, 0.717) is 17.1 Å². The molecule has 0 spiro atoms. The van der Waals surface area contributed by atoms with Gasteiger partial charge in [-0.15, -0.1) is 0 Å². The molecule has 3 rings (SSSR count). The molecule has 2 N–H and O–H groups in total. The number of nitro benzene ring substituents is 1. The summed E-state index contributed by atoms with van der Waals surface area (Å²) >= 11 is 0. The van der Waals surface area contributed by atoms with E-state index in [2.05, 4.69) is 10.6 Å². The van der Waals surface area contributed by atoms with Crippen molar-refractivity contribution in [1.82, 2.24) is 5.32 Å². The number of carbonyl (C=O) groups is 1. The van der Waals surface area contributed by atoms with Crippen LogP contribution in [-0.4, -0.2) is 46.5 Å². The number of benzene rings is 3. The molecule has 34 heavy (non-hydrogen) atoms. The molecule has 0 aliphatic heterocycles. The van der Waals surface area contributed by atoms with Crippen LogP contribution in [0.15, 0.2) is 77.7 Å². The lowest BCUT2D eigenvalue weighted by molar-refractivity contribution is -0.384. The van der Waals surface area contributed by atoms with Gasteiger partial charge in [0.2, 0.25) is 0 Å². The van der Waals surface area contributed by atoms with Gasteiger partial charge in [-0.1, -0.05) is 18.2 Å². The van der Waals surface area contributed by atoms with Crippen LogP contribution >= 0.6 is 0 Å². The molecule has 3 aromatic rings. The number of nitrogens with zero attached hydrogens (tertiary/aromatic N) is 2. The van der Waals surface area contributed by atoms with Gasteiger partial charge in [0.05, 0.1) is 22.6 Å². The number of methoxy groups -OCH3 is 1. The second-order valence-corrected chi connectivity index (χ2v) is 9.12. The lowest BCUT2D eigenvalue weighted by Gasteiger charge is -2.20. The highest BCUT2D eigenvalue weighted by Crippen LogP contribution is 2.25. The SMILES string of the molecule is COc1ccc(N(C)S(=O)(=O)c2cccc(C(=O)NCCNc3ccccc3[N+](=O)[O-])c2)cc1. The largest absolute Gasteiger partial charge is 0.497 e. The molecule has 178 valence electrons. The summed E-state index contributed by atoms with van der Waals surface area (Å²) in [5.74, 6) is 0.137. The number of nitro groups is 1. The second-order valence-electron chi connectivity index (χ2n) is 7.16. The van der Waals surface area contributed by atoms with Crippen LogP contribution in [0.5, 0.6) is 5.75 Å². The van der Waals surface area contributed by atoms with Gasteiger partial charge in [-0.25, -0.2) is 8.42 Å². The number of carbonyl (C=O) groups excluding carboxylic acids is 1. The number of rotatable bonds is 10. The van der Waals surface area contributed by atoms with Gasteiger partial charge in [-0.05, 0) is 48.5 Å². The predicted molar refractivity (Wildman–Crippen MR) is 129 cm³/mol. The molecule has 0 unspecified atom stereocenters. The van der Waals surface area contributed by atoms with Crippen LogP contribution in [0.4, 0.5) is 17.1 Å². The van der Waals surface area contributed by atoms with Gasteiger partial charge in [0.25, 0.3) is 21.6 Å². The first kappa shape index (κ1) is 24.5. The summed E-state index contributed by atoms with van der Waals surface area (Å²) in [6.07, 6.45) is 0. The van der Waals surface area contributed by atoms with Crippen molar-refractivity contribution in [3.63, 3.8) is 0 Å². The number of sulfonamides is 1. The summed E-state index contributed by atoms with van der Waals surface area (Å²) < 4.78 is 32.3. The maximum atomic E-state index is 13.1. The molecule has 10 nitrogen and oxygen atoms in total. The Hall–Kier alpha value is -4.12. The van der Waals surface area contributed by atoms with E-state index in [1.165, 1.54) is 44.5 Å². The molecule has 0 atom stereocenters. The van der Waals surface area contributed by atoms with Gasteiger partial charge >= 0.3 is 0 Å². The number of nitrogens with one attached hydrogen (secondary N) is 2. The van der Waals surface area contributed by atoms with E-state index >= 15 is 0 Å². The highest BCUT2D eigenvalue weighted by atomic mass is 32.2. The van der Waals surface area contributed by atoms with Crippen LogP contribution in [0.3, 0.4) is 0 Å². The molecule has 1 amide bonds. The molecule has 0 fully saturated rings. The molecule has 3 aromatic carbocycles. The minimum absolute atomic E-state index is 0.0310. The van der Waals surface area contributed by atoms with E-state index in [1.807, 2.05) is 0 Å². The fourth-order valence-corrected chi connectivity index (χ4v) is 4.39. The zero-order chi connectivity index (χ0) is 24.7. The number of hydrogen-bond donors (Lipinski definition) is 2. The zero-order valence-electron chi connectivity index (χ0n) is 18.6. The summed E-state index contributed by atoms with van der Waals surface area (Å²) in [7, 11) is -0.955. The van der Waals surface area contributed by atoms with Crippen LogP contribution in [0.25, 0.3) is 0 Å². The van der Waals surface area contributed by atoms with Gasteiger partial charge in [0.1, 0.15) is 11.4 Å². The molecule has 0 saturated carbocycles. The van der Waals surface area contributed by atoms with E-state index < -0.39 is 20.9 Å². The monoisotopic (exact) mass is 484 g/mol. The Morgan fingerprint density at radius 3 is 2.41 bits per heavy atom. The highest BCUT2D eigenvalue weighted by Gasteiger charge is 2.22. The maximum Gasteiger partial charge on any atom is 0.292 e. The Morgan fingerprint density at radius 2 is 1.74 bits per heavy atom. The van der Waals surface area contributed by atoms with Crippen molar-refractivity contribution in [2.45, 2.75) is 4.90 Å². The molecule has 0 aliphatic carbocycles. The number of amides is 1. The van der Waals surface area contributed by atoms with Gasteiger partial charge in [0, 0.05) is 31.8 Å². The fourth-order valence-electron chi connectivity index (χ4n) is 3.14. The third-order valence-electron chi connectivity index (χ3n) is 5.02. The minimum Gasteiger partial charge on any atom is -0.497 e. The van der Waals surface area contributed by atoms with E-state index in [9.17, 15) is 23.3 Å². The maximum absolute atomic E-state index is 13.1. The van der Waals surface area contributed by atoms with E-state index in [1.54, 1.807) is 42.5 Å². The number of anilines is 2. The number of hydrogen-bond acceptors (Lipinski definition) is 7. The van der Waals surface area contributed by atoms with Gasteiger partial charge in [-0.3, -0.25) is 19.2 Å². The summed E-state index contributed by atoms with van der Waals surface area (Å²) in [6, 6.07) is 18.5. The fraction of sp³-hybridized carbons (Fsp3) is 0.174. The Labute approximate surface area is 197 Å². The van der Waals surface area contributed by atoms with Crippen molar-refractivity contribution < 1.29 is 22.9 Å². The van der Waals surface area contributed by atoms with Crippen LogP contribution < -0.4 is 19.7 Å². The average Bonchev–Trinajstić information content (AvgIpc) is 2.86. The van der Waals surface area contributed by atoms with E-state index in [-0.39, 0.29) is 29.2 Å². The molecular formula is C23H24N4O6S. The quantitative estimate of drug-likeness (QED) is 0.256. The van der Waals surface area contributed by atoms with Crippen molar-refractivity contribution in [3.8, 4) is 5.75 Å². The van der Waals surface area contributed by atoms with Gasteiger partial charge in [0.15, 0.2) is 0 Å². The Morgan fingerprint density at radius 1 is 1.03 bits per heavy atom. The number of ether oxygens (including phenoxy) is 1. The van der Waals surface area contributed by atoms with Crippen LogP contribution in [0.1, 0.15) is 10.4 Å². The zero-order valence-corrected chi connectivity index (χ0v) is 19.4. The van der Waals surface area contributed by atoms with E-state index in [4.69, 9.17) is 4.74 Å². The second kappa shape index (κ2) is 10.7. The average molecular weight is 485 g/mol. The molecule has 0 aliphatic rings. The molecule has 0 saturated heterocycles. The normalized spacial score (nSPS) is 10.9. The number of para-hydroxylation sites is 2. The lowest BCUT2D eigenvalue weighted by Crippen LogP contribution is -2.30. The van der Waals surface area contributed by atoms with Crippen LogP contribution in [0.2, 0.25) is 0 Å². The standard InChI is InChI=1S/C23H24N4O6S/c1-26(18-10-12-19(33-2)13-11-18)34(31,32)20-7-5-6-17(16-20)23(28)25-15-14-24-21-8-3-4-9-22(21)27(29)30/h3-13,16,24H,14-15H2,1-2H3,(H,25,28). The predicted octanol–water partition coefficient (Wildman–Crippen LogP) is 3.27. The van der Waals surface area contributed by atoms with Crippen molar-refractivity contribution in [2.75, 3.05) is 36.9 Å². The Kier molecular flexibility index (Phi) is 7.69. The third-order valence-corrected chi connectivity index (χ3v) is 6.80. The van der Waals surface area contributed by atoms with Gasteiger partial charge in [-0.2, -0.15) is 0 Å². The topological polar surface area (TPSA) is 131 Å².